The van der Waals surface area contributed by atoms with Crippen LogP contribution in [0, 0.1) is 0 Å². The van der Waals surface area contributed by atoms with Crippen LogP contribution in [0.5, 0.6) is 0 Å². The normalized spacial score (nSPS) is 33.6. The van der Waals surface area contributed by atoms with Gasteiger partial charge in [0, 0.05) is 19.1 Å². The summed E-state index contributed by atoms with van der Waals surface area (Å²) in [5.74, 6) is -0.138. The van der Waals surface area contributed by atoms with Gasteiger partial charge in [0.25, 0.3) is 0 Å². The van der Waals surface area contributed by atoms with E-state index in [1.807, 2.05) is 13.8 Å². The second-order valence-corrected chi connectivity index (χ2v) is 5.43. The molecule has 2 rings (SSSR count). The van der Waals surface area contributed by atoms with E-state index in [2.05, 4.69) is 5.32 Å². The zero-order valence-electron chi connectivity index (χ0n) is 11.5. The lowest BCUT2D eigenvalue weighted by atomic mass is 9.87. The lowest BCUT2D eigenvalue weighted by molar-refractivity contribution is -0.154. The van der Waals surface area contributed by atoms with Gasteiger partial charge in [0.1, 0.15) is 5.54 Å². The summed E-state index contributed by atoms with van der Waals surface area (Å²) in [4.78, 5) is 12.3. The van der Waals surface area contributed by atoms with Crippen LogP contribution in [0.1, 0.15) is 52.4 Å². The van der Waals surface area contributed by atoms with Crippen molar-refractivity contribution in [2.24, 2.45) is 0 Å². The van der Waals surface area contributed by atoms with Crippen molar-refractivity contribution in [2.45, 2.75) is 70.1 Å². The van der Waals surface area contributed by atoms with Gasteiger partial charge in [-0.2, -0.15) is 0 Å². The van der Waals surface area contributed by atoms with Gasteiger partial charge in [0.15, 0.2) is 0 Å². The number of esters is 1. The van der Waals surface area contributed by atoms with E-state index in [9.17, 15) is 4.79 Å². The Morgan fingerprint density at radius 1 is 1.39 bits per heavy atom. The topological polar surface area (TPSA) is 47.6 Å². The molecule has 1 heterocycles. The zero-order valence-corrected chi connectivity index (χ0v) is 11.5. The summed E-state index contributed by atoms with van der Waals surface area (Å²) in [5.41, 5.74) is -0.613. The number of ether oxygens (including phenoxy) is 2. The molecular formula is C14H25NO3. The van der Waals surface area contributed by atoms with Crippen molar-refractivity contribution in [1.29, 1.82) is 0 Å². The van der Waals surface area contributed by atoms with Crippen LogP contribution in [-0.4, -0.2) is 36.9 Å². The first kappa shape index (κ1) is 13.8. The second kappa shape index (κ2) is 6.02. The average molecular weight is 255 g/mol. The maximum absolute atomic E-state index is 12.3. The van der Waals surface area contributed by atoms with Crippen molar-refractivity contribution in [3.63, 3.8) is 0 Å². The van der Waals surface area contributed by atoms with Crippen molar-refractivity contribution in [3.05, 3.63) is 0 Å². The van der Waals surface area contributed by atoms with E-state index in [1.165, 1.54) is 19.3 Å². The number of carbonyl (C=O) groups excluding carboxylic acids is 1. The highest BCUT2D eigenvalue weighted by Gasteiger charge is 2.50. The van der Waals surface area contributed by atoms with Crippen LogP contribution < -0.4 is 5.32 Å². The van der Waals surface area contributed by atoms with Gasteiger partial charge in [-0.1, -0.05) is 19.3 Å². The van der Waals surface area contributed by atoms with E-state index in [4.69, 9.17) is 9.47 Å². The number of hydrogen-bond acceptors (Lipinski definition) is 4. The average Bonchev–Trinajstić information content (AvgIpc) is 2.74. The SMILES string of the molecule is CCOC(=O)C1(NC2CCCCC2)CCOC1C. The molecule has 4 heteroatoms. The molecule has 1 aliphatic carbocycles. The molecule has 0 aromatic carbocycles. The van der Waals surface area contributed by atoms with E-state index >= 15 is 0 Å². The largest absolute Gasteiger partial charge is 0.465 e. The van der Waals surface area contributed by atoms with Crippen LogP contribution in [0.15, 0.2) is 0 Å². The monoisotopic (exact) mass is 255 g/mol. The van der Waals surface area contributed by atoms with Gasteiger partial charge in [0.05, 0.1) is 12.7 Å². The Bertz CT molecular complexity index is 289. The smallest absolute Gasteiger partial charge is 0.329 e. The van der Waals surface area contributed by atoms with Crippen LogP contribution in [0.4, 0.5) is 0 Å². The third-order valence-electron chi connectivity index (χ3n) is 4.26. The molecule has 1 N–H and O–H groups in total. The Balaban J connectivity index is 2.06. The minimum Gasteiger partial charge on any atom is -0.465 e. The minimum absolute atomic E-state index is 0.0986. The molecule has 104 valence electrons. The summed E-state index contributed by atoms with van der Waals surface area (Å²) in [6.45, 7) is 4.89. The van der Waals surface area contributed by atoms with Crippen LogP contribution in [0.2, 0.25) is 0 Å². The lowest BCUT2D eigenvalue weighted by Gasteiger charge is -2.36. The summed E-state index contributed by atoms with van der Waals surface area (Å²) < 4.78 is 10.9. The standard InChI is InChI=1S/C14H25NO3/c1-3-17-13(16)14(9-10-18-11(14)2)15-12-7-5-4-6-8-12/h11-12,15H,3-10H2,1-2H3. The van der Waals surface area contributed by atoms with E-state index in [1.54, 1.807) is 0 Å². The van der Waals surface area contributed by atoms with E-state index in [0.29, 0.717) is 19.3 Å². The molecule has 1 saturated carbocycles. The highest BCUT2D eigenvalue weighted by atomic mass is 16.5. The summed E-state index contributed by atoms with van der Waals surface area (Å²) in [6.07, 6.45) is 6.78. The van der Waals surface area contributed by atoms with Crippen LogP contribution in [0.25, 0.3) is 0 Å². The summed E-state index contributed by atoms with van der Waals surface area (Å²) in [5, 5.41) is 3.57. The van der Waals surface area contributed by atoms with Gasteiger partial charge in [-0.25, -0.2) is 4.79 Å². The molecule has 0 bridgehead atoms. The second-order valence-electron chi connectivity index (χ2n) is 5.43. The van der Waals surface area contributed by atoms with Gasteiger partial charge in [-0.15, -0.1) is 0 Å². The molecule has 0 spiro atoms. The maximum Gasteiger partial charge on any atom is 0.329 e. The Morgan fingerprint density at radius 2 is 2.11 bits per heavy atom. The molecule has 0 aromatic rings. The van der Waals surface area contributed by atoms with E-state index < -0.39 is 5.54 Å². The fourth-order valence-electron chi connectivity index (χ4n) is 3.13. The Morgan fingerprint density at radius 3 is 2.67 bits per heavy atom. The van der Waals surface area contributed by atoms with Crippen molar-refractivity contribution in [3.8, 4) is 0 Å². The minimum atomic E-state index is -0.613. The molecule has 2 fully saturated rings. The van der Waals surface area contributed by atoms with E-state index in [-0.39, 0.29) is 12.1 Å². The Kier molecular flexibility index (Phi) is 4.62. The number of hydrogen-bond donors (Lipinski definition) is 1. The molecule has 4 nitrogen and oxygen atoms in total. The predicted octanol–water partition coefficient (Wildman–Crippen LogP) is 2.02. The van der Waals surface area contributed by atoms with Gasteiger partial charge >= 0.3 is 5.97 Å². The molecule has 18 heavy (non-hydrogen) atoms. The predicted molar refractivity (Wildman–Crippen MR) is 69.4 cm³/mol. The third kappa shape index (κ3) is 2.69. The highest BCUT2D eigenvalue weighted by molar-refractivity contribution is 5.82. The van der Waals surface area contributed by atoms with Crippen LogP contribution in [0.3, 0.4) is 0 Å². The van der Waals surface area contributed by atoms with Crippen molar-refractivity contribution in [2.75, 3.05) is 13.2 Å². The van der Waals surface area contributed by atoms with Gasteiger partial charge in [-0.3, -0.25) is 5.32 Å². The van der Waals surface area contributed by atoms with Gasteiger partial charge in [-0.05, 0) is 26.7 Å². The molecule has 0 aromatic heterocycles. The van der Waals surface area contributed by atoms with Crippen molar-refractivity contribution < 1.29 is 14.3 Å². The quantitative estimate of drug-likeness (QED) is 0.781. The Labute approximate surface area is 109 Å². The maximum atomic E-state index is 12.3. The van der Waals surface area contributed by atoms with Crippen LogP contribution >= 0.6 is 0 Å². The number of rotatable bonds is 4. The van der Waals surface area contributed by atoms with Gasteiger partial charge < -0.3 is 9.47 Å². The number of nitrogens with one attached hydrogen (secondary N) is 1. The first-order valence-electron chi connectivity index (χ1n) is 7.25. The molecule has 2 atom stereocenters. The molecule has 1 saturated heterocycles. The molecule has 2 unspecified atom stereocenters. The fourth-order valence-corrected chi connectivity index (χ4v) is 3.13. The lowest BCUT2D eigenvalue weighted by Crippen LogP contribution is -2.61. The van der Waals surface area contributed by atoms with Crippen molar-refractivity contribution >= 4 is 5.97 Å². The summed E-state index contributed by atoms with van der Waals surface area (Å²) in [6, 6.07) is 0.437. The summed E-state index contributed by atoms with van der Waals surface area (Å²) in [7, 11) is 0. The van der Waals surface area contributed by atoms with Crippen LogP contribution in [-0.2, 0) is 14.3 Å². The highest BCUT2D eigenvalue weighted by Crippen LogP contribution is 2.30. The zero-order chi connectivity index (χ0) is 13.0. The summed E-state index contributed by atoms with van der Waals surface area (Å²) >= 11 is 0. The fraction of sp³-hybridized carbons (Fsp3) is 0.929. The van der Waals surface area contributed by atoms with Crippen molar-refractivity contribution in [1.82, 2.24) is 5.32 Å². The first-order chi connectivity index (χ1) is 8.69. The third-order valence-corrected chi connectivity index (χ3v) is 4.26. The number of carbonyl (C=O) groups is 1. The first-order valence-corrected chi connectivity index (χ1v) is 7.25. The molecule has 2 aliphatic rings. The molecule has 0 amide bonds. The molecule has 1 aliphatic heterocycles. The molecular weight excluding hydrogens is 230 g/mol. The van der Waals surface area contributed by atoms with E-state index in [0.717, 1.165) is 19.3 Å². The Hall–Kier alpha value is -0.610. The molecule has 0 radical (unpaired) electrons. The van der Waals surface area contributed by atoms with Gasteiger partial charge in [0.2, 0.25) is 0 Å².